The van der Waals surface area contributed by atoms with Crippen LogP contribution in [0.15, 0.2) is 18.3 Å². The van der Waals surface area contributed by atoms with Crippen LogP contribution in [0.5, 0.6) is 0 Å². The number of rotatable bonds is 5. The molecule has 23 heavy (non-hydrogen) atoms. The summed E-state index contributed by atoms with van der Waals surface area (Å²) in [5, 5.41) is 10.7. The molecule has 2 saturated heterocycles. The summed E-state index contributed by atoms with van der Waals surface area (Å²) >= 11 is 0. The number of nitrogens with zero attached hydrogens (tertiary/aromatic N) is 4. The van der Waals surface area contributed by atoms with E-state index in [9.17, 15) is 0 Å². The minimum atomic E-state index is 0.304. The first-order valence-electron chi connectivity index (χ1n) is 8.37. The maximum atomic E-state index is 5.92. The first kappa shape index (κ1) is 13.3. The summed E-state index contributed by atoms with van der Waals surface area (Å²) in [4.78, 5) is 11.4. The van der Waals surface area contributed by atoms with Crippen molar-refractivity contribution in [2.45, 2.75) is 37.6 Å². The number of nitrogens with two attached hydrogens (primary N) is 1. The van der Waals surface area contributed by atoms with Crippen molar-refractivity contribution in [2.24, 2.45) is 11.1 Å². The van der Waals surface area contributed by atoms with Crippen molar-refractivity contribution in [1.29, 1.82) is 0 Å². The van der Waals surface area contributed by atoms with Crippen LogP contribution in [0.25, 0.3) is 0 Å². The predicted octanol–water partition coefficient (Wildman–Crippen LogP) is 1.75. The fourth-order valence-corrected chi connectivity index (χ4v) is 3.94. The monoisotopic (exact) mass is 311 g/mol. The van der Waals surface area contributed by atoms with Crippen LogP contribution in [-0.4, -0.2) is 39.3 Å². The van der Waals surface area contributed by atoms with Crippen molar-refractivity contribution in [3.05, 3.63) is 24.0 Å². The fourth-order valence-electron chi connectivity index (χ4n) is 3.94. The van der Waals surface area contributed by atoms with E-state index < -0.39 is 0 Å². The second-order valence-corrected chi connectivity index (χ2v) is 7.24. The number of anilines is 3. The van der Waals surface area contributed by atoms with E-state index in [1.807, 2.05) is 12.3 Å². The van der Waals surface area contributed by atoms with E-state index in [-0.39, 0.29) is 0 Å². The lowest BCUT2D eigenvalue weighted by atomic mass is 9.70. The number of H-pyrrole nitrogens is 1. The van der Waals surface area contributed by atoms with Crippen molar-refractivity contribution >= 4 is 17.6 Å². The van der Waals surface area contributed by atoms with Gasteiger partial charge in [-0.1, -0.05) is 0 Å². The second-order valence-electron chi connectivity index (χ2n) is 7.24. The maximum absolute atomic E-state index is 5.92. The maximum Gasteiger partial charge on any atom is 0.227 e. The molecule has 4 fully saturated rings. The fraction of sp³-hybridized carbons (Fsp3) is 0.562. The molecule has 0 amide bonds. The quantitative estimate of drug-likeness (QED) is 0.778. The molecule has 0 spiro atoms. The van der Waals surface area contributed by atoms with Gasteiger partial charge in [0.05, 0.1) is 0 Å². The largest absolute Gasteiger partial charge is 0.337 e. The predicted molar refractivity (Wildman–Crippen MR) is 87.7 cm³/mol. The lowest BCUT2D eigenvalue weighted by Crippen LogP contribution is -2.40. The third-order valence-electron chi connectivity index (χ3n) is 5.49. The van der Waals surface area contributed by atoms with Gasteiger partial charge >= 0.3 is 0 Å². The van der Waals surface area contributed by atoms with Gasteiger partial charge in [-0.3, -0.25) is 5.10 Å². The number of nitrogens with one attached hydrogen (secondary N) is 2. The molecule has 0 aromatic carbocycles. The van der Waals surface area contributed by atoms with Gasteiger partial charge in [-0.05, 0) is 38.3 Å². The summed E-state index contributed by atoms with van der Waals surface area (Å²) in [6, 6.07) is 4.52. The van der Waals surface area contributed by atoms with E-state index in [0.717, 1.165) is 30.7 Å². The zero-order valence-electron chi connectivity index (χ0n) is 13.0. The molecule has 2 bridgehead atoms. The summed E-state index contributed by atoms with van der Waals surface area (Å²) in [5.41, 5.74) is 7.44. The smallest absolute Gasteiger partial charge is 0.227 e. The van der Waals surface area contributed by atoms with Crippen molar-refractivity contribution in [2.75, 3.05) is 23.3 Å². The van der Waals surface area contributed by atoms with Crippen LogP contribution in [0, 0.1) is 5.41 Å². The topological polar surface area (TPSA) is 95.8 Å². The van der Waals surface area contributed by atoms with Crippen LogP contribution in [-0.2, 0) is 0 Å². The van der Waals surface area contributed by atoms with Gasteiger partial charge < -0.3 is 16.0 Å². The molecule has 2 aromatic heterocycles. The first-order chi connectivity index (χ1) is 11.2. The molecule has 4 N–H and O–H groups in total. The summed E-state index contributed by atoms with van der Waals surface area (Å²) in [6.45, 7) is 1.74. The average molecular weight is 311 g/mol. The van der Waals surface area contributed by atoms with Gasteiger partial charge in [0.2, 0.25) is 5.95 Å². The van der Waals surface area contributed by atoms with Gasteiger partial charge in [0.15, 0.2) is 5.82 Å². The molecule has 2 saturated carbocycles. The van der Waals surface area contributed by atoms with Gasteiger partial charge in [0.1, 0.15) is 5.82 Å². The SMILES string of the molecule is NCC12CC(C1)N(c1nccc(Nc3cc(C4CC4)[nH]n3)n1)C2. The van der Waals surface area contributed by atoms with Crippen LogP contribution in [0.1, 0.15) is 37.3 Å². The molecule has 4 aliphatic rings. The molecule has 6 rings (SSSR count). The Morgan fingerprint density at radius 1 is 1.35 bits per heavy atom. The molecule has 2 aliphatic carbocycles. The van der Waals surface area contributed by atoms with E-state index in [0.29, 0.717) is 17.4 Å². The van der Waals surface area contributed by atoms with Crippen LogP contribution < -0.4 is 16.0 Å². The van der Waals surface area contributed by atoms with Crippen molar-refractivity contribution < 1.29 is 0 Å². The van der Waals surface area contributed by atoms with Crippen LogP contribution in [0.3, 0.4) is 0 Å². The van der Waals surface area contributed by atoms with Crippen molar-refractivity contribution in [1.82, 2.24) is 20.2 Å². The lowest BCUT2D eigenvalue weighted by molar-refractivity contribution is 0.210. The Hall–Kier alpha value is -2.15. The first-order valence-corrected chi connectivity index (χ1v) is 8.37. The zero-order valence-corrected chi connectivity index (χ0v) is 13.0. The van der Waals surface area contributed by atoms with Gasteiger partial charge in [-0.15, -0.1) is 0 Å². The minimum absolute atomic E-state index is 0.304. The Balaban J connectivity index is 1.34. The second kappa shape index (κ2) is 4.67. The molecule has 120 valence electrons. The molecular formula is C16H21N7. The molecular weight excluding hydrogens is 290 g/mol. The third-order valence-corrected chi connectivity index (χ3v) is 5.49. The highest BCUT2D eigenvalue weighted by Gasteiger charge is 2.54. The molecule has 0 atom stereocenters. The van der Waals surface area contributed by atoms with Crippen molar-refractivity contribution in [3.8, 4) is 0 Å². The highest BCUT2D eigenvalue weighted by atomic mass is 15.3. The Kier molecular flexibility index (Phi) is 2.70. The Labute approximate surface area is 134 Å². The van der Waals surface area contributed by atoms with Gasteiger partial charge in [-0.2, -0.15) is 10.1 Å². The number of aromatic nitrogens is 4. The summed E-state index contributed by atoms with van der Waals surface area (Å²) < 4.78 is 0. The molecule has 2 aromatic rings. The molecule has 4 heterocycles. The highest BCUT2D eigenvalue weighted by Crippen LogP contribution is 2.51. The summed E-state index contributed by atoms with van der Waals surface area (Å²) in [5.74, 6) is 3.07. The Bertz CT molecular complexity index is 730. The van der Waals surface area contributed by atoms with Crippen LogP contribution >= 0.6 is 0 Å². The highest BCUT2D eigenvalue weighted by molar-refractivity contribution is 5.54. The van der Waals surface area contributed by atoms with Gasteiger partial charge in [0.25, 0.3) is 0 Å². The van der Waals surface area contributed by atoms with Crippen LogP contribution in [0.4, 0.5) is 17.6 Å². The van der Waals surface area contributed by atoms with Gasteiger partial charge in [-0.25, -0.2) is 4.98 Å². The minimum Gasteiger partial charge on any atom is -0.337 e. The zero-order chi connectivity index (χ0) is 15.4. The number of hydrogen-bond donors (Lipinski definition) is 3. The third kappa shape index (κ3) is 2.18. The molecule has 7 nitrogen and oxygen atoms in total. The molecule has 2 aliphatic heterocycles. The van der Waals surface area contributed by atoms with E-state index in [1.165, 1.54) is 31.4 Å². The van der Waals surface area contributed by atoms with E-state index in [4.69, 9.17) is 5.73 Å². The Morgan fingerprint density at radius 2 is 2.22 bits per heavy atom. The number of fused-ring (bicyclic) bond motifs is 1. The number of hydrogen-bond acceptors (Lipinski definition) is 6. The standard InChI is InChI=1S/C16H21N7/c17-8-16-6-11(7-16)23(9-16)15-18-4-3-13(20-15)19-14-5-12(21-22-14)10-1-2-10/h3-5,10-11H,1-2,6-9,17H2,(H2,18,19,20,21,22). The normalized spacial score (nSPS) is 28.7. The van der Waals surface area contributed by atoms with Crippen molar-refractivity contribution in [3.63, 3.8) is 0 Å². The molecule has 0 radical (unpaired) electrons. The van der Waals surface area contributed by atoms with Gasteiger partial charge in [0, 0.05) is 41.9 Å². The number of aromatic amines is 1. The molecule has 0 unspecified atom stereocenters. The lowest BCUT2D eigenvalue weighted by Gasteiger charge is -2.35. The van der Waals surface area contributed by atoms with E-state index >= 15 is 0 Å². The summed E-state index contributed by atoms with van der Waals surface area (Å²) in [6.07, 6.45) is 6.68. The van der Waals surface area contributed by atoms with Crippen LogP contribution in [0.2, 0.25) is 0 Å². The summed E-state index contributed by atoms with van der Waals surface area (Å²) in [7, 11) is 0. The molecule has 7 heteroatoms. The van der Waals surface area contributed by atoms with E-state index in [1.54, 1.807) is 0 Å². The average Bonchev–Trinajstić information content (AvgIpc) is 3.02. The Morgan fingerprint density at radius 3 is 2.96 bits per heavy atom. The van der Waals surface area contributed by atoms with E-state index in [2.05, 4.69) is 36.4 Å².